The first kappa shape index (κ1) is 14.5. The van der Waals surface area contributed by atoms with Gasteiger partial charge >= 0.3 is 0 Å². The van der Waals surface area contributed by atoms with E-state index in [2.05, 4.69) is 30.1 Å². The van der Waals surface area contributed by atoms with E-state index in [-0.39, 0.29) is 5.54 Å². The Labute approximate surface area is 106 Å². The summed E-state index contributed by atoms with van der Waals surface area (Å²) in [5.74, 6) is 0. The van der Waals surface area contributed by atoms with Gasteiger partial charge in [-0.3, -0.25) is 5.32 Å². The lowest BCUT2D eigenvalue weighted by Gasteiger charge is -2.35. The number of nitrogens with one attached hydrogen (secondary N) is 1. The summed E-state index contributed by atoms with van der Waals surface area (Å²) in [6.45, 7) is 9.65. The third-order valence-electron chi connectivity index (χ3n) is 3.85. The van der Waals surface area contributed by atoms with Gasteiger partial charge in [-0.1, -0.05) is 13.3 Å². The molecule has 3 nitrogen and oxygen atoms in total. The number of hydrogen-bond donors (Lipinski definition) is 1. The molecule has 2 atom stereocenters. The van der Waals surface area contributed by atoms with Crippen molar-refractivity contribution in [3.8, 4) is 6.07 Å². The molecule has 0 radical (unpaired) electrons. The van der Waals surface area contributed by atoms with Crippen LogP contribution in [0.15, 0.2) is 0 Å². The van der Waals surface area contributed by atoms with Gasteiger partial charge in [0.25, 0.3) is 0 Å². The second kappa shape index (κ2) is 6.98. The van der Waals surface area contributed by atoms with Crippen LogP contribution in [0.1, 0.15) is 52.9 Å². The third kappa shape index (κ3) is 4.65. The zero-order chi connectivity index (χ0) is 12.7. The van der Waals surface area contributed by atoms with E-state index in [1.807, 2.05) is 6.92 Å². The Morgan fingerprint density at radius 3 is 2.82 bits per heavy atom. The fourth-order valence-electron chi connectivity index (χ4n) is 2.44. The Hall–Kier alpha value is -0.590. The fourth-order valence-corrected chi connectivity index (χ4v) is 2.44. The Morgan fingerprint density at radius 2 is 2.24 bits per heavy atom. The average molecular weight is 237 g/mol. The van der Waals surface area contributed by atoms with Crippen LogP contribution in [0, 0.1) is 11.3 Å². The number of hydrogen-bond acceptors (Lipinski definition) is 3. The first-order valence-corrected chi connectivity index (χ1v) is 7.01. The number of nitriles is 1. The van der Waals surface area contributed by atoms with E-state index in [1.54, 1.807) is 0 Å². The van der Waals surface area contributed by atoms with Crippen LogP contribution in [0.25, 0.3) is 0 Å². The molecule has 3 heteroatoms. The van der Waals surface area contributed by atoms with E-state index < -0.39 is 0 Å². The van der Waals surface area contributed by atoms with Gasteiger partial charge in [-0.15, -0.1) is 0 Å². The number of piperidine rings is 1. The number of nitrogens with zero attached hydrogens (tertiary/aromatic N) is 2. The normalized spacial score (nSPS) is 25.2. The van der Waals surface area contributed by atoms with Crippen molar-refractivity contribution in [3.63, 3.8) is 0 Å². The van der Waals surface area contributed by atoms with Crippen LogP contribution in [0.5, 0.6) is 0 Å². The lowest BCUT2D eigenvalue weighted by molar-refractivity contribution is 0.148. The zero-order valence-corrected chi connectivity index (χ0v) is 11.6. The molecule has 1 heterocycles. The number of rotatable bonds is 6. The van der Waals surface area contributed by atoms with Gasteiger partial charge in [-0.25, -0.2) is 0 Å². The smallest absolute Gasteiger partial charge is 0.105 e. The molecular formula is C14H27N3. The monoisotopic (exact) mass is 237 g/mol. The molecule has 1 saturated heterocycles. The Balaban J connectivity index is 2.38. The molecule has 0 bridgehead atoms. The summed E-state index contributed by atoms with van der Waals surface area (Å²) in [5, 5.41) is 12.6. The van der Waals surface area contributed by atoms with Crippen LogP contribution < -0.4 is 5.32 Å². The maximum atomic E-state index is 9.28. The van der Waals surface area contributed by atoms with Crippen LogP contribution in [0.2, 0.25) is 0 Å². The Morgan fingerprint density at radius 1 is 1.47 bits per heavy atom. The van der Waals surface area contributed by atoms with Gasteiger partial charge in [-0.05, 0) is 52.6 Å². The van der Waals surface area contributed by atoms with Crippen molar-refractivity contribution in [2.75, 3.05) is 19.6 Å². The summed E-state index contributed by atoms with van der Waals surface area (Å²) in [6, 6.07) is 3.12. The molecule has 1 N–H and O–H groups in total. The van der Waals surface area contributed by atoms with Crippen molar-refractivity contribution >= 4 is 0 Å². The second-order valence-electron chi connectivity index (χ2n) is 5.50. The predicted octanol–water partition coefficient (Wildman–Crippen LogP) is 2.53. The average Bonchev–Trinajstić information content (AvgIpc) is 2.35. The fraction of sp³-hybridized carbons (Fsp3) is 0.929. The minimum atomic E-state index is -0.354. The van der Waals surface area contributed by atoms with Crippen LogP contribution >= 0.6 is 0 Å². The highest BCUT2D eigenvalue weighted by Gasteiger charge is 2.25. The van der Waals surface area contributed by atoms with E-state index in [0.29, 0.717) is 6.04 Å². The lowest BCUT2D eigenvalue weighted by atomic mass is 9.97. The summed E-state index contributed by atoms with van der Waals surface area (Å²) in [4.78, 5) is 2.53. The molecule has 1 aliphatic rings. The largest absolute Gasteiger partial charge is 0.301 e. The molecule has 0 saturated carbocycles. The van der Waals surface area contributed by atoms with Gasteiger partial charge in [0.05, 0.1) is 6.07 Å². The topological polar surface area (TPSA) is 39.1 Å². The second-order valence-corrected chi connectivity index (χ2v) is 5.50. The molecule has 0 aromatic carbocycles. The summed E-state index contributed by atoms with van der Waals surface area (Å²) in [6.07, 6.45) is 5.99. The van der Waals surface area contributed by atoms with Gasteiger partial charge in [0.2, 0.25) is 0 Å². The molecule has 0 spiro atoms. The van der Waals surface area contributed by atoms with Gasteiger partial charge in [0.15, 0.2) is 0 Å². The minimum Gasteiger partial charge on any atom is -0.301 e. The molecule has 0 aliphatic carbocycles. The van der Waals surface area contributed by atoms with E-state index in [1.165, 1.54) is 25.8 Å². The van der Waals surface area contributed by atoms with E-state index in [9.17, 15) is 5.26 Å². The molecule has 1 fully saturated rings. The lowest BCUT2D eigenvalue weighted by Crippen LogP contribution is -2.46. The summed E-state index contributed by atoms with van der Waals surface area (Å²) >= 11 is 0. The number of likely N-dealkylation sites (tertiary alicyclic amines) is 1. The van der Waals surface area contributed by atoms with Crippen molar-refractivity contribution in [2.45, 2.75) is 64.5 Å². The summed E-state index contributed by atoms with van der Waals surface area (Å²) in [5.41, 5.74) is -0.354. The molecule has 98 valence electrons. The highest BCUT2D eigenvalue weighted by Crippen LogP contribution is 2.18. The van der Waals surface area contributed by atoms with Crippen molar-refractivity contribution < 1.29 is 0 Å². The summed E-state index contributed by atoms with van der Waals surface area (Å²) < 4.78 is 0. The zero-order valence-electron chi connectivity index (χ0n) is 11.6. The minimum absolute atomic E-state index is 0.354. The highest BCUT2D eigenvalue weighted by atomic mass is 15.2. The molecule has 1 aliphatic heterocycles. The molecule has 2 unspecified atom stereocenters. The van der Waals surface area contributed by atoms with Gasteiger partial charge < -0.3 is 4.90 Å². The quantitative estimate of drug-likeness (QED) is 0.771. The van der Waals surface area contributed by atoms with Crippen LogP contribution in [0.3, 0.4) is 0 Å². The maximum Gasteiger partial charge on any atom is 0.105 e. The van der Waals surface area contributed by atoms with Gasteiger partial charge in [-0.2, -0.15) is 5.26 Å². The van der Waals surface area contributed by atoms with Gasteiger partial charge in [0.1, 0.15) is 5.54 Å². The first-order chi connectivity index (χ1) is 8.11. The van der Waals surface area contributed by atoms with Crippen LogP contribution in [-0.2, 0) is 0 Å². The molecule has 0 amide bonds. The van der Waals surface area contributed by atoms with Crippen molar-refractivity contribution in [1.82, 2.24) is 10.2 Å². The summed E-state index contributed by atoms with van der Waals surface area (Å²) in [7, 11) is 0. The molecule has 0 aromatic heterocycles. The molecular weight excluding hydrogens is 210 g/mol. The van der Waals surface area contributed by atoms with E-state index >= 15 is 0 Å². The Kier molecular flexibility index (Phi) is 5.94. The highest BCUT2D eigenvalue weighted by molar-refractivity contribution is 5.04. The Bertz CT molecular complexity index is 259. The van der Waals surface area contributed by atoms with Crippen LogP contribution in [0.4, 0.5) is 0 Å². The van der Waals surface area contributed by atoms with E-state index in [4.69, 9.17) is 0 Å². The van der Waals surface area contributed by atoms with Crippen molar-refractivity contribution in [1.29, 1.82) is 5.26 Å². The van der Waals surface area contributed by atoms with Gasteiger partial charge in [0, 0.05) is 12.6 Å². The third-order valence-corrected chi connectivity index (χ3v) is 3.85. The van der Waals surface area contributed by atoms with Crippen molar-refractivity contribution in [3.05, 3.63) is 0 Å². The first-order valence-electron chi connectivity index (χ1n) is 7.01. The SMILES string of the molecule is CCCNC(C)(C#N)CCN1CCCCC1C. The molecule has 0 aromatic rings. The predicted molar refractivity (Wildman–Crippen MR) is 71.8 cm³/mol. The maximum absolute atomic E-state index is 9.28. The standard InChI is InChI=1S/C14H27N3/c1-4-9-16-14(3,12-15)8-11-17-10-6-5-7-13(17)2/h13,16H,4-11H2,1-3H3. The molecule has 17 heavy (non-hydrogen) atoms. The molecule has 1 rings (SSSR count). The van der Waals surface area contributed by atoms with E-state index in [0.717, 1.165) is 25.9 Å². The van der Waals surface area contributed by atoms with Crippen LogP contribution in [-0.4, -0.2) is 36.1 Å². The van der Waals surface area contributed by atoms with Crippen molar-refractivity contribution in [2.24, 2.45) is 0 Å².